The number of ketones is 1. The van der Waals surface area contributed by atoms with Crippen LogP contribution >= 0.6 is 0 Å². The van der Waals surface area contributed by atoms with Crippen LogP contribution in [0.4, 0.5) is 0 Å². The zero-order valence-corrected chi connectivity index (χ0v) is 11.4. The van der Waals surface area contributed by atoms with Crippen molar-refractivity contribution in [2.24, 2.45) is 29.1 Å². The van der Waals surface area contributed by atoms with Gasteiger partial charge in [-0.3, -0.25) is 9.59 Å². The quantitative estimate of drug-likeness (QED) is 0.621. The van der Waals surface area contributed by atoms with Crippen LogP contribution in [0.5, 0.6) is 0 Å². The lowest BCUT2D eigenvalue weighted by molar-refractivity contribution is -0.148. The zero-order chi connectivity index (χ0) is 13.1. The Kier molecular flexibility index (Phi) is 2.58. The molecule has 3 heteroatoms. The van der Waals surface area contributed by atoms with Crippen molar-refractivity contribution in [3.63, 3.8) is 0 Å². The smallest absolute Gasteiger partial charge is 0.309 e. The van der Waals surface area contributed by atoms with Gasteiger partial charge in [0.25, 0.3) is 0 Å². The normalized spacial score (nSPS) is 46.3. The Morgan fingerprint density at radius 1 is 1.17 bits per heavy atom. The van der Waals surface area contributed by atoms with E-state index in [0.717, 1.165) is 25.7 Å². The molecule has 3 aliphatic rings. The van der Waals surface area contributed by atoms with E-state index in [1.165, 1.54) is 0 Å². The molecule has 0 bridgehead atoms. The van der Waals surface area contributed by atoms with E-state index in [9.17, 15) is 9.59 Å². The molecule has 0 aromatic carbocycles. The van der Waals surface area contributed by atoms with Crippen LogP contribution in [0.1, 0.15) is 46.5 Å². The lowest BCUT2D eigenvalue weighted by Crippen LogP contribution is -2.33. The highest BCUT2D eigenvalue weighted by atomic mass is 16.6. The summed E-state index contributed by atoms with van der Waals surface area (Å²) in [5.41, 5.74) is -0.0422. The molecule has 2 aliphatic carbocycles. The number of carbonyl (C=O) groups excluding carboxylic acids is 2. The van der Waals surface area contributed by atoms with Gasteiger partial charge in [0.2, 0.25) is 0 Å². The molecule has 5 atom stereocenters. The highest BCUT2D eigenvalue weighted by Crippen LogP contribution is 2.56. The second kappa shape index (κ2) is 3.82. The van der Waals surface area contributed by atoms with Crippen molar-refractivity contribution in [2.45, 2.75) is 52.6 Å². The highest BCUT2D eigenvalue weighted by molar-refractivity contribution is 5.86. The van der Waals surface area contributed by atoms with Gasteiger partial charge in [0, 0.05) is 23.2 Å². The Balaban J connectivity index is 2.00. The summed E-state index contributed by atoms with van der Waals surface area (Å²) < 4.78 is 5.62. The molecule has 1 saturated heterocycles. The van der Waals surface area contributed by atoms with E-state index in [0.29, 0.717) is 5.78 Å². The minimum absolute atomic E-state index is 0.0155. The lowest BCUT2D eigenvalue weighted by atomic mass is 9.74. The van der Waals surface area contributed by atoms with Crippen LogP contribution in [0.25, 0.3) is 0 Å². The summed E-state index contributed by atoms with van der Waals surface area (Å²) in [5.74, 6) is 0.669. The number of carbonyl (C=O) groups is 2. The van der Waals surface area contributed by atoms with Gasteiger partial charge in [-0.05, 0) is 19.3 Å². The fraction of sp³-hybridized carbons (Fsp3) is 0.867. The Labute approximate surface area is 108 Å². The molecule has 0 spiro atoms. The van der Waals surface area contributed by atoms with Gasteiger partial charge in [-0.2, -0.15) is 0 Å². The molecule has 0 radical (unpaired) electrons. The molecule has 0 N–H and O–H groups in total. The molecule has 100 valence electrons. The topological polar surface area (TPSA) is 43.4 Å². The van der Waals surface area contributed by atoms with Crippen LogP contribution in [0.3, 0.4) is 0 Å². The summed E-state index contributed by atoms with van der Waals surface area (Å²) in [6, 6.07) is 0. The van der Waals surface area contributed by atoms with E-state index in [1.807, 2.05) is 6.92 Å². The second-order valence-electron chi connectivity index (χ2n) is 7.07. The van der Waals surface area contributed by atoms with Gasteiger partial charge in [-0.25, -0.2) is 0 Å². The Hall–Kier alpha value is -0.860. The maximum Gasteiger partial charge on any atom is 0.309 e. The average molecular weight is 250 g/mol. The minimum Gasteiger partial charge on any atom is -0.461 e. The first kappa shape index (κ1) is 12.2. The third kappa shape index (κ3) is 1.55. The SMILES string of the molecule is C[C@@H]1CCCC2C(=O)O[C@H]3[C@@H]2[C@H](CC3(C)C)C1=O. The molecule has 3 rings (SSSR count). The molecule has 18 heavy (non-hydrogen) atoms. The number of esters is 1. The second-order valence-corrected chi connectivity index (χ2v) is 7.07. The molecule has 0 aromatic rings. The fourth-order valence-electron chi connectivity index (χ4n) is 4.40. The van der Waals surface area contributed by atoms with E-state index in [4.69, 9.17) is 4.74 Å². The van der Waals surface area contributed by atoms with Crippen molar-refractivity contribution >= 4 is 11.8 Å². The van der Waals surface area contributed by atoms with Gasteiger partial charge in [0.1, 0.15) is 11.9 Å². The van der Waals surface area contributed by atoms with Gasteiger partial charge < -0.3 is 4.74 Å². The molecule has 3 nitrogen and oxygen atoms in total. The molecule has 2 saturated carbocycles. The number of hydrogen-bond donors (Lipinski definition) is 0. The summed E-state index contributed by atoms with van der Waals surface area (Å²) >= 11 is 0. The molecule has 3 fully saturated rings. The van der Waals surface area contributed by atoms with Crippen molar-refractivity contribution in [3.05, 3.63) is 0 Å². The standard InChI is InChI=1S/C15H22O3/c1-8-5-4-6-9-11-10(12(8)16)7-15(2,3)13(11)18-14(9)17/h8-11,13H,4-7H2,1-3H3/t8-,9?,10+,11+,13+/m1/s1. The van der Waals surface area contributed by atoms with E-state index in [-0.39, 0.29) is 41.2 Å². The fourth-order valence-corrected chi connectivity index (χ4v) is 4.40. The Bertz CT molecular complexity index is 399. The number of ether oxygens (including phenoxy) is 1. The first-order valence-electron chi connectivity index (χ1n) is 7.16. The van der Waals surface area contributed by atoms with Gasteiger partial charge in [0.15, 0.2) is 0 Å². The Morgan fingerprint density at radius 3 is 2.61 bits per heavy atom. The minimum atomic E-state index is -0.0508. The van der Waals surface area contributed by atoms with Crippen molar-refractivity contribution in [3.8, 4) is 0 Å². The van der Waals surface area contributed by atoms with Crippen LogP contribution in [-0.2, 0) is 14.3 Å². The van der Waals surface area contributed by atoms with Crippen LogP contribution in [0, 0.1) is 29.1 Å². The van der Waals surface area contributed by atoms with E-state index >= 15 is 0 Å². The summed E-state index contributed by atoms with van der Waals surface area (Å²) in [5, 5.41) is 0. The molecule has 0 aromatic heterocycles. The van der Waals surface area contributed by atoms with Crippen LogP contribution in [0.2, 0.25) is 0 Å². The Morgan fingerprint density at radius 2 is 1.89 bits per heavy atom. The van der Waals surface area contributed by atoms with E-state index < -0.39 is 0 Å². The third-order valence-electron chi connectivity index (χ3n) is 5.34. The summed E-state index contributed by atoms with van der Waals surface area (Å²) in [4.78, 5) is 24.5. The molecule has 1 heterocycles. The first-order valence-corrected chi connectivity index (χ1v) is 7.16. The van der Waals surface area contributed by atoms with E-state index in [1.54, 1.807) is 0 Å². The monoisotopic (exact) mass is 250 g/mol. The maximum atomic E-state index is 12.5. The van der Waals surface area contributed by atoms with E-state index in [2.05, 4.69) is 13.8 Å². The summed E-state index contributed by atoms with van der Waals surface area (Å²) in [6.07, 6.45) is 3.66. The van der Waals surface area contributed by atoms with Gasteiger partial charge in [0.05, 0.1) is 5.92 Å². The highest BCUT2D eigenvalue weighted by Gasteiger charge is 2.61. The summed E-state index contributed by atoms with van der Waals surface area (Å²) in [7, 11) is 0. The van der Waals surface area contributed by atoms with Crippen molar-refractivity contribution in [2.75, 3.05) is 0 Å². The predicted molar refractivity (Wildman–Crippen MR) is 66.8 cm³/mol. The summed E-state index contributed by atoms with van der Waals surface area (Å²) in [6.45, 7) is 6.31. The van der Waals surface area contributed by atoms with Crippen LogP contribution in [-0.4, -0.2) is 17.9 Å². The molecule has 1 aliphatic heterocycles. The zero-order valence-electron chi connectivity index (χ0n) is 11.4. The predicted octanol–water partition coefficient (Wildman–Crippen LogP) is 2.58. The molecule has 1 unspecified atom stereocenters. The molecular formula is C15H22O3. The first-order chi connectivity index (χ1) is 8.42. The van der Waals surface area contributed by atoms with Gasteiger partial charge in [-0.15, -0.1) is 0 Å². The van der Waals surface area contributed by atoms with Gasteiger partial charge in [-0.1, -0.05) is 27.2 Å². The van der Waals surface area contributed by atoms with Crippen molar-refractivity contribution < 1.29 is 14.3 Å². The largest absolute Gasteiger partial charge is 0.461 e. The molecule has 0 amide bonds. The van der Waals surface area contributed by atoms with Crippen molar-refractivity contribution in [1.82, 2.24) is 0 Å². The van der Waals surface area contributed by atoms with Gasteiger partial charge >= 0.3 is 5.97 Å². The number of Topliss-reactive ketones (excluding diaryl/α,β-unsaturated/α-hetero) is 1. The number of hydrogen-bond acceptors (Lipinski definition) is 3. The lowest BCUT2D eigenvalue weighted by Gasteiger charge is -2.26. The van der Waals surface area contributed by atoms with Crippen molar-refractivity contribution in [1.29, 1.82) is 0 Å². The average Bonchev–Trinajstić information content (AvgIpc) is 2.73. The van der Waals surface area contributed by atoms with Crippen LogP contribution in [0.15, 0.2) is 0 Å². The van der Waals surface area contributed by atoms with Crippen LogP contribution < -0.4 is 0 Å². The number of rotatable bonds is 0. The maximum absolute atomic E-state index is 12.5. The molecular weight excluding hydrogens is 228 g/mol. The third-order valence-corrected chi connectivity index (χ3v) is 5.34.